The van der Waals surface area contributed by atoms with Gasteiger partial charge in [-0.15, -0.1) is 0 Å². The van der Waals surface area contributed by atoms with Crippen LogP contribution in [0.3, 0.4) is 0 Å². The molecule has 102 valence electrons. The predicted molar refractivity (Wildman–Crippen MR) is 71.3 cm³/mol. The minimum absolute atomic E-state index is 0.282. The van der Waals surface area contributed by atoms with Crippen molar-refractivity contribution in [2.45, 2.75) is 12.5 Å². The van der Waals surface area contributed by atoms with Crippen LogP contribution in [0.1, 0.15) is 5.56 Å². The fourth-order valence-corrected chi connectivity index (χ4v) is 2.14. The molecule has 2 aromatic carbocycles. The van der Waals surface area contributed by atoms with E-state index in [0.29, 0.717) is 12.2 Å². The van der Waals surface area contributed by atoms with E-state index in [-0.39, 0.29) is 11.6 Å². The van der Waals surface area contributed by atoms with E-state index in [1.165, 1.54) is 12.1 Å². The Labute approximate surface area is 114 Å². The molecule has 1 atom stereocenters. The van der Waals surface area contributed by atoms with Gasteiger partial charge in [0.15, 0.2) is 17.7 Å². The Morgan fingerprint density at radius 1 is 1.30 bits per heavy atom. The van der Waals surface area contributed by atoms with Crippen molar-refractivity contribution in [1.82, 2.24) is 0 Å². The van der Waals surface area contributed by atoms with Crippen LogP contribution in [-0.2, 0) is 11.2 Å². The van der Waals surface area contributed by atoms with Crippen molar-refractivity contribution in [2.24, 2.45) is 0 Å². The van der Waals surface area contributed by atoms with Crippen molar-refractivity contribution in [3.63, 3.8) is 0 Å². The van der Waals surface area contributed by atoms with Crippen LogP contribution in [0, 0.1) is 5.82 Å². The summed E-state index contributed by atoms with van der Waals surface area (Å²) in [6.07, 6.45) is -0.132. The van der Waals surface area contributed by atoms with E-state index in [1.807, 2.05) is 24.3 Å². The second-order valence-electron chi connectivity index (χ2n) is 4.57. The summed E-state index contributed by atoms with van der Waals surface area (Å²) in [7, 11) is 0. The number of hydrogen-bond acceptors (Lipinski definition) is 3. The Bertz CT molecular complexity index is 647. The van der Waals surface area contributed by atoms with Crippen molar-refractivity contribution in [2.75, 3.05) is 5.32 Å². The van der Waals surface area contributed by atoms with Crippen LogP contribution in [0.4, 0.5) is 10.1 Å². The molecule has 5 heteroatoms. The number of anilines is 1. The molecule has 0 spiro atoms. The van der Waals surface area contributed by atoms with E-state index in [0.717, 1.165) is 11.6 Å². The van der Waals surface area contributed by atoms with Gasteiger partial charge in [-0.05, 0) is 23.8 Å². The summed E-state index contributed by atoms with van der Waals surface area (Å²) in [4.78, 5) is 12.1. The number of fused-ring (bicyclic) bond motifs is 1. The molecule has 2 N–H and O–H groups in total. The van der Waals surface area contributed by atoms with E-state index in [4.69, 9.17) is 9.84 Å². The maximum atomic E-state index is 13.2. The summed E-state index contributed by atoms with van der Waals surface area (Å²) in [6, 6.07) is 11.1. The number of carbonyl (C=O) groups excluding carboxylic acids is 1. The molecular formula is C15H12FNO3. The predicted octanol–water partition coefficient (Wildman–Crippen LogP) is 2.47. The lowest BCUT2D eigenvalue weighted by atomic mass is 10.1. The molecule has 0 bridgehead atoms. The van der Waals surface area contributed by atoms with E-state index >= 15 is 0 Å². The molecule has 4 nitrogen and oxygen atoms in total. The van der Waals surface area contributed by atoms with Crippen LogP contribution in [-0.4, -0.2) is 17.1 Å². The molecule has 1 amide bonds. The van der Waals surface area contributed by atoms with Gasteiger partial charge in [0.2, 0.25) is 0 Å². The van der Waals surface area contributed by atoms with Crippen LogP contribution >= 0.6 is 0 Å². The molecule has 1 heterocycles. The lowest BCUT2D eigenvalue weighted by Gasteiger charge is -2.11. The van der Waals surface area contributed by atoms with Crippen molar-refractivity contribution in [3.8, 4) is 11.5 Å². The van der Waals surface area contributed by atoms with Gasteiger partial charge in [-0.1, -0.05) is 18.2 Å². The van der Waals surface area contributed by atoms with Crippen LogP contribution in [0.25, 0.3) is 0 Å². The number of phenolic OH excluding ortho intramolecular Hbond substituents is 1. The first-order valence-corrected chi connectivity index (χ1v) is 6.17. The first-order chi connectivity index (χ1) is 9.63. The lowest BCUT2D eigenvalue weighted by molar-refractivity contribution is -0.122. The molecule has 0 radical (unpaired) electrons. The average Bonchev–Trinajstić information content (AvgIpc) is 2.87. The monoisotopic (exact) mass is 273 g/mol. The Morgan fingerprint density at radius 3 is 2.85 bits per heavy atom. The standard InChI is InChI=1S/C15H12FNO3/c16-11-8-10(5-6-12(11)18)17-15(19)14-7-9-3-1-2-4-13(9)20-14/h1-6,8,14,18H,7H2,(H,17,19). The Kier molecular flexibility index (Phi) is 3.02. The number of halogens is 1. The van der Waals surface area contributed by atoms with Crippen LogP contribution < -0.4 is 10.1 Å². The molecule has 0 fully saturated rings. The number of amides is 1. The summed E-state index contributed by atoms with van der Waals surface area (Å²) in [5, 5.41) is 11.7. The maximum absolute atomic E-state index is 13.2. The first-order valence-electron chi connectivity index (χ1n) is 6.17. The quantitative estimate of drug-likeness (QED) is 0.826. The number of nitrogens with one attached hydrogen (secondary N) is 1. The number of para-hydroxylation sites is 1. The second kappa shape index (κ2) is 4.85. The van der Waals surface area contributed by atoms with Crippen molar-refractivity contribution >= 4 is 11.6 Å². The van der Waals surface area contributed by atoms with Crippen LogP contribution in [0.2, 0.25) is 0 Å². The average molecular weight is 273 g/mol. The number of rotatable bonds is 2. The van der Waals surface area contributed by atoms with Gasteiger partial charge in [-0.25, -0.2) is 4.39 Å². The second-order valence-corrected chi connectivity index (χ2v) is 4.57. The fraction of sp³-hybridized carbons (Fsp3) is 0.133. The third kappa shape index (κ3) is 2.30. The molecular weight excluding hydrogens is 261 g/mol. The minimum atomic E-state index is -0.779. The van der Waals surface area contributed by atoms with Crippen molar-refractivity contribution < 1.29 is 19.0 Å². The van der Waals surface area contributed by atoms with Gasteiger partial charge in [0, 0.05) is 18.2 Å². The normalized spacial score (nSPS) is 16.4. The Balaban J connectivity index is 1.71. The molecule has 2 aromatic rings. The van der Waals surface area contributed by atoms with E-state index < -0.39 is 17.7 Å². The zero-order valence-corrected chi connectivity index (χ0v) is 10.5. The fourth-order valence-electron chi connectivity index (χ4n) is 2.14. The number of carbonyl (C=O) groups is 1. The van der Waals surface area contributed by atoms with Gasteiger partial charge in [0.05, 0.1) is 0 Å². The summed E-state index contributed by atoms with van der Waals surface area (Å²) in [5.74, 6) is -0.873. The van der Waals surface area contributed by atoms with Crippen LogP contribution in [0.15, 0.2) is 42.5 Å². The topological polar surface area (TPSA) is 58.6 Å². The third-order valence-electron chi connectivity index (χ3n) is 3.15. The molecule has 3 rings (SSSR count). The molecule has 0 saturated heterocycles. The smallest absolute Gasteiger partial charge is 0.265 e. The highest BCUT2D eigenvalue weighted by Crippen LogP contribution is 2.29. The molecule has 1 aliphatic rings. The Morgan fingerprint density at radius 2 is 2.10 bits per heavy atom. The van der Waals surface area contributed by atoms with E-state index in [9.17, 15) is 9.18 Å². The maximum Gasteiger partial charge on any atom is 0.265 e. The number of ether oxygens (including phenoxy) is 1. The van der Waals surface area contributed by atoms with Gasteiger partial charge < -0.3 is 15.2 Å². The number of aromatic hydroxyl groups is 1. The van der Waals surface area contributed by atoms with Gasteiger partial charge >= 0.3 is 0 Å². The lowest BCUT2D eigenvalue weighted by Crippen LogP contribution is -2.31. The molecule has 1 aliphatic heterocycles. The molecule has 0 saturated carbocycles. The zero-order chi connectivity index (χ0) is 14.1. The van der Waals surface area contributed by atoms with Gasteiger partial charge in [0.25, 0.3) is 5.91 Å². The van der Waals surface area contributed by atoms with Gasteiger partial charge in [-0.2, -0.15) is 0 Å². The SMILES string of the molecule is O=C(Nc1ccc(O)c(F)c1)C1Cc2ccccc2O1. The van der Waals surface area contributed by atoms with E-state index in [1.54, 1.807) is 0 Å². The largest absolute Gasteiger partial charge is 0.505 e. The first kappa shape index (κ1) is 12.5. The van der Waals surface area contributed by atoms with Crippen molar-refractivity contribution in [1.29, 1.82) is 0 Å². The molecule has 1 unspecified atom stereocenters. The number of hydrogen-bond donors (Lipinski definition) is 2. The highest BCUT2D eigenvalue weighted by molar-refractivity contribution is 5.95. The zero-order valence-electron chi connectivity index (χ0n) is 10.5. The summed E-state index contributed by atoms with van der Waals surface area (Å²) in [5.41, 5.74) is 1.26. The van der Waals surface area contributed by atoms with E-state index in [2.05, 4.69) is 5.32 Å². The van der Waals surface area contributed by atoms with Crippen molar-refractivity contribution in [3.05, 3.63) is 53.8 Å². The summed E-state index contributed by atoms with van der Waals surface area (Å²) < 4.78 is 18.7. The number of benzene rings is 2. The minimum Gasteiger partial charge on any atom is -0.505 e. The number of phenols is 1. The van der Waals surface area contributed by atoms with Crippen LogP contribution in [0.5, 0.6) is 11.5 Å². The Hall–Kier alpha value is -2.56. The van der Waals surface area contributed by atoms with Gasteiger partial charge in [-0.3, -0.25) is 4.79 Å². The molecule has 0 aromatic heterocycles. The summed E-state index contributed by atoms with van der Waals surface area (Å²) in [6.45, 7) is 0. The third-order valence-corrected chi connectivity index (χ3v) is 3.15. The van der Waals surface area contributed by atoms with Gasteiger partial charge in [0.1, 0.15) is 5.75 Å². The molecule has 20 heavy (non-hydrogen) atoms. The summed E-state index contributed by atoms with van der Waals surface area (Å²) >= 11 is 0. The highest BCUT2D eigenvalue weighted by Gasteiger charge is 2.28. The molecule has 0 aliphatic carbocycles. The highest BCUT2D eigenvalue weighted by atomic mass is 19.1.